The van der Waals surface area contributed by atoms with Gasteiger partial charge in [-0.3, -0.25) is 4.98 Å². The van der Waals surface area contributed by atoms with E-state index < -0.39 is 0 Å². The molecule has 0 N–H and O–H groups in total. The molecular weight excluding hydrogens is 350 g/mol. The number of imidazole rings is 1. The maximum atomic E-state index is 6.02. The van der Waals surface area contributed by atoms with Crippen LogP contribution >= 0.6 is 11.6 Å². The standard InChI is InChI=1S/C18H16ClN7/c19-13-1-2-14-15(11-13)22-12-16(23-14)24-7-9-26(10-8-24)18-17-20-3-5-25(17)6-4-21-18/h1-6,11-12H,7-10H2. The molecule has 0 atom stereocenters. The molecule has 1 aliphatic rings. The Morgan fingerprint density at radius 1 is 0.846 bits per heavy atom. The monoisotopic (exact) mass is 365 g/mol. The number of piperazine rings is 1. The maximum absolute atomic E-state index is 6.02. The van der Waals surface area contributed by atoms with Crippen molar-refractivity contribution in [2.75, 3.05) is 36.0 Å². The maximum Gasteiger partial charge on any atom is 0.180 e. The van der Waals surface area contributed by atoms with Gasteiger partial charge >= 0.3 is 0 Å². The topological polar surface area (TPSA) is 62.5 Å². The molecule has 4 aromatic rings. The minimum atomic E-state index is 0.675. The van der Waals surface area contributed by atoms with Gasteiger partial charge in [-0.1, -0.05) is 11.6 Å². The third kappa shape index (κ3) is 2.61. The summed E-state index contributed by atoms with van der Waals surface area (Å²) in [6, 6.07) is 5.59. The Morgan fingerprint density at radius 3 is 2.46 bits per heavy atom. The quantitative estimate of drug-likeness (QED) is 0.544. The van der Waals surface area contributed by atoms with E-state index in [0.717, 1.165) is 54.5 Å². The van der Waals surface area contributed by atoms with Crippen molar-refractivity contribution in [3.05, 3.63) is 54.2 Å². The Labute approximate surface area is 154 Å². The molecule has 0 aliphatic carbocycles. The lowest BCUT2D eigenvalue weighted by molar-refractivity contribution is 0.642. The Bertz CT molecular complexity index is 1090. The van der Waals surface area contributed by atoms with Crippen LogP contribution in [0.15, 0.2) is 49.2 Å². The number of anilines is 2. The average molecular weight is 366 g/mol. The molecule has 0 spiro atoms. The fourth-order valence-corrected chi connectivity index (χ4v) is 3.50. The van der Waals surface area contributed by atoms with Crippen LogP contribution in [0.5, 0.6) is 0 Å². The van der Waals surface area contributed by atoms with Gasteiger partial charge in [-0.2, -0.15) is 0 Å². The zero-order chi connectivity index (χ0) is 17.5. The van der Waals surface area contributed by atoms with Crippen LogP contribution in [0, 0.1) is 0 Å². The van der Waals surface area contributed by atoms with Crippen LogP contribution in [0.4, 0.5) is 11.6 Å². The van der Waals surface area contributed by atoms with E-state index in [4.69, 9.17) is 16.6 Å². The number of halogens is 1. The van der Waals surface area contributed by atoms with Gasteiger partial charge in [-0.05, 0) is 18.2 Å². The minimum absolute atomic E-state index is 0.675. The number of nitrogens with zero attached hydrogens (tertiary/aromatic N) is 7. The molecule has 8 heteroatoms. The van der Waals surface area contributed by atoms with Gasteiger partial charge in [0.25, 0.3) is 0 Å². The molecule has 0 saturated carbocycles. The molecule has 130 valence electrons. The normalized spacial score (nSPS) is 15.1. The summed E-state index contributed by atoms with van der Waals surface area (Å²) in [7, 11) is 0. The Balaban J connectivity index is 1.37. The van der Waals surface area contributed by atoms with Gasteiger partial charge in [0.15, 0.2) is 11.5 Å². The highest BCUT2D eigenvalue weighted by atomic mass is 35.5. The van der Waals surface area contributed by atoms with Gasteiger partial charge in [0.1, 0.15) is 5.82 Å². The highest BCUT2D eigenvalue weighted by Crippen LogP contribution is 2.22. The zero-order valence-electron chi connectivity index (χ0n) is 14.0. The third-order valence-electron chi connectivity index (χ3n) is 4.69. The highest BCUT2D eigenvalue weighted by molar-refractivity contribution is 6.31. The second-order valence-corrected chi connectivity index (χ2v) is 6.68. The van der Waals surface area contributed by atoms with Gasteiger partial charge in [0.2, 0.25) is 0 Å². The molecule has 1 aromatic carbocycles. The molecule has 1 saturated heterocycles. The first kappa shape index (κ1) is 15.3. The van der Waals surface area contributed by atoms with E-state index in [0.29, 0.717) is 5.02 Å². The van der Waals surface area contributed by atoms with Crippen LogP contribution in [-0.4, -0.2) is 50.5 Å². The molecule has 5 rings (SSSR count). The molecule has 3 aromatic heterocycles. The minimum Gasteiger partial charge on any atom is -0.352 e. The summed E-state index contributed by atoms with van der Waals surface area (Å²) in [5.74, 6) is 1.82. The summed E-state index contributed by atoms with van der Waals surface area (Å²) in [5, 5.41) is 0.675. The largest absolute Gasteiger partial charge is 0.352 e. The van der Waals surface area contributed by atoms with Crippen molar-refractivity contribution in [2.45, 2.75) is 0 Å². The summed E-state index contributed by atoms with van der Waals surface area (Å²) in [6.45, 7) is 3.44. The van der Waals surface area contributed by atoms with E-state index in [1.54, 1.807) is 6.20 Å². The molecule has 0 amide bonds. The van der Waals surface area contributed by atoms with Crippen LogP contribution in [0.1, 0.15) is 0 Å². The first-order valence-electron chi connectivity index (χ1n) is 8.48. The lowest BCUT2D eigenvalue weighted by Crippen LogP contribution is -2.47. The van der Waals surface area contributed by atoms with E-state index in [1.165, 1.54) is 0 Å². The number of benzene rings is 1. The summed E-state index contributed by atoms with van der Waals surface area (Å²) < 4.78 is 1.99. The predicted octanol–water partition coefficient (Wildman–Crippen LogP) is 2.65. The predicted molar refractivity (Wildman–Crippen MR) is 102 cm³/mol. The van der Waals surface area contributed by atoms with Gasteiger partial charge in [-0.15, -0.1) is 0 Å². The van der Waals surface area contributed by atoms with E-state index in [2.05, 4.69) is 24.8 Å². The van der Waals surface area contributed by atoms with Crippen molar-refractivity contribution in [1.82, 2.24) is 24.3 Å². The summed E-state index contributed by atoms with van der Waals surface area (Å²) in [6.07, 6.45) is 9.29. The number of rotatable bonds is 2. The highest BCUT2D eigenvalue weighted by Gasteiger charge is 2.21. The fourth-order valence-electron chi connectivity index (χ4n) is 3.34. The number of hydrogen-bond donors (Lipinski definition) is 0. The van der Waals surface area contributed by atoms with E-state index in [-0.39, 0.29) is 0 Å². The van der Waals surface area contributed by atoms with Crippen molar-refractivity contribution in [2.24, 2.45) is 0 Å². The van der Waals surface area contributed by atoms with Crippen molar-refractivity contribution >= 4 is 39.9 Å². The second-order valence-electron chi connectivity index (χ2n) is 6.24. The molecular formula is C18H16ClN7. The Morgan fingerprint density at radius 2 is 1.62 bits per heavy atom. The average Bonchev–Trinajstić information content (AvgIpc) is 3.16. The molecule has 26 heavy (non-hydrogen) atoms. The van der Waals surface area contributed by atoms with Crippen molar-refractivity contribution < 1.29 is 0 Å². The molecule has 0 unspecified atom stereocenters. The number of hydrogen-bond acceptors (Lipinski definition) is 6. The van der Waals surface area contributed by atoms with Crippen molar-refractivity contribution in [1.29, 1.82) is 0 Å². The first-order valence-corrected chi connectivity index (χ1v) is 8.86. The van der Waals surface area contributed by atoms with Gasteiger partial charge in [0.05, 0.1) is 17.2 Å². The van der Waals surface area contributed by atoms with Crippen LogP contribution in [0.25, 0.3) is 16.7 Å². The zero-order valence-corrected chi connectivity index (χ0v) is 14.7. The first-order chi connectivity index (χ1) is 12.8. The number of fused-ring (bicyclic) bond motifs is 2. The fraction of sp³-hybridized carbons (Fsp3) is 0.222. The van der Waals surface area contributed by atoms with Crippen LogP contribution in [0.2, 0.25) is 5.02 Å². The van der Waals surface area contributed by atoms with Gasteiger partial charge in [0, 0.05) is 56.0 Å². The van der Waals surface area contributed by atoms with E-state index >= 15 is 0 Å². The SMILES string of the molecule is Clc1ccc2nc(N3CCN(c4nccn5ccnc45)CC3)cnc2c1. The summed E-state index contributed by atoms with van der Waals surface area (Å²) >= 11 is 6.02. The summed E-state index contributed by atoms with van der Waals surface area (Å²) in [5.41, 5.74) is 2.57. The van der Waals surface area contributed by atoms with Crippen LogP contribution < -0.4 is 9.80 Å². The van der Waals surface area contributed by atoms with Crippen molar-refractivity contribution in [3.63, 3.8) is 0 Å². The lowest BCUT2D eigenvalue weighted by Gasteiger charge is -2.35. The molecule has 1 fully saturated rings. The summed E-state index contributed by atoms with van der Waals surface area (Å²) in [4.78, 5) is 22.7. The third-order valence-corrected chi connectivity index (χ3v) is 4.92. The van der Waals surface area contributed by atoms with E-state index in [1.807, 2.05) is 47.4 Å². The van der Waals surface area contributed by atoms with E-state index in [9.17, 15) is 0 Å². The molecule has 7 nitrogen and oxygen atoms in total. The molecule has 1 aliphatic heterocycles. The van der Waals surface area contributed by atoms with Crippen LogP contribution in [-0.2, 0) is 0 Å². The Hall–Kier alpha value is -2.93. The van der Waals surface area contributed by atoms with Gasteiger partial charge in [-0.25, -0.2) is 15.0 Å². The molecule has 0 radical (unpaired) electrons. The molecule has 4 heterocycles. The van der Waals surface area contributed by atoms with Gasteiger partial charge < -0.3 is 14.2 Å². The Kier molecular flexibility index (Phi) is 3.60. The van der Waals surface area contributed by atoms with Crippen molar-refractivity contribution in [3.8, 4) is 0 Å². The molecule has 0 bridgehead atoms. The lowest BCUT2D eigenvalue weighted by atomic mass is 10.3. The number of aromatic nitrogens is 5. The van der Waals surface area contributed by atoms with Crippen LogP contribution in [0.3, 0.4) is 0 Å². The smallest absolute Gasteiger partial charge is 0.180 e. The second kappa shape index (κ2) is 6.10.